The highest BCUT2D eigenvalue weighted by atomic mass is 16.3. The van der Waals surface area contributed by atoms with Gasteiger partial charge in [0.15, 0.2) is 0 Å². The van der Waals surface area contributed by atoms with Crippen molar-refractivity contribution < 1.29 is 5.11 Å². The second kappa shape index (κ2) is 3.91. The third kappa shape index (κ3) is 2.09. The van der Waals surface area contributed by atoms with Gasteiger partial charge in [-0.05, 0) is 6.42 Å². The van der Waals surface area contributed by atoms with Crippen molar-refractivity contribution in [3.63, 3.8) is 0 Å². The number of nitrogens with two attached hydrogens (primary N) is 1. The number of rotatable bonds is 4. The van der Waals surface area contributed by atoms with Crippen LogP contribution in [0.4, 0.5) is 11.9 Å². The fourth-order valence-electron chi connectivity index (χ4n) is 0.837. The van der Waals surface area contributed by atoms with Gasteiger partial charge in [-0.15, -0.1) is 5.10 Å². The van der Waals surface area contributed by atoms with E-state index in [2.05, 4.69) is 15.4 Å². The third-order valence-corrected chi connectivity index (χ3v) is 1.40. The summed E-state index contributed by atoms with van der Waals surface area (Å²) >= 11 is 0. The maximum Gasteiger partial charge on any atom is 0.241 e. The number of aliphatic hydroxyl groups is 1. The highest BCUT2D eigenvalue weighted by Gasteiger charge is 2.01. The maximum atomic E-state index is 8.51. The molecule has 1 rings (SSSR count). The normalized spacial score (nSPS) is 10.2. The molecule has 4 N–H and O–H groups in total. The zero-order chi connectivity index (χ0) is 8.97. The monoisotopic (exact) mass is 171 g/mol. The lowest BCUT2D eigenvalue weighted by molar-refractivity contribution is 0.292. The van der Waals surface area contributed by atoms with Crippen LogP contribution in [0.1, 0.15) is 6.42 Å². The lowest BCUT2D eigenvalue weighted by Gasteiger charge is -2.01. The van der Waals surface area contributed by atoms with Gasteiger partial charge >= 0.3 is 0 Å². The predicted octanol–water partition coefficient (Wildman–Crippen LogP) is -0.808. The molecule has 0 spiro atoms. The van der Waals surface area contributed by atoms with Crippen LogP contribution in [-0.4, -0.2) is 33.0 Å². The van der Waals surface area contributed by atoms with E-state index in [9.17, 15) is 0 Å². The van der Waals surface area contributed by atoms with Gasteiger partial charge in [0, 0.05) is 20.2 Å². The Morgan fingerprint density at radius 1 is 1.67 bits per heavy atom. The van der Waals surface area contributed by atoms with E-state index in [1.165, 1.54) is 0 Å². The summed E-state index contributed by atoms with van der Waals surface area (Å²) in [6, 6.07) is 0. The Morgan fingerprint density at radius 3 is 2.92 bits per heavy atom. The minimum absolute atomic E-state index is 0.167. The molecule has 6 nitrogen and oxygen atoms in total. The Hall–Kier alpha value is -1.30. The standard InChI is InChI=1S/C6H13N5O/c1-11-6(8-3-2-4-12)9-5(7)10-11/h12H,2-4H2,1H3,(H3,7,8,9,10). The Balaban J connectivity index is 2.45. The first kappa shape index (κ1) is 8.79. The van der Waals surface area contributed by atoms with Crippen LogP contribution >= 0.6 is 0 Å². The van der Waals surface area contributed by atoms with E-state index < -0.39 is 0 Å². The molecule has 68 valence electrons. The van der Waals surface area contributed by atoms with Crippen molar-refractivity contribution in [2.24, 2.45) is 7.05 Å². The molecule has 12 heavy (non-hydrogen) atoms. The summed E-state index contributed by atoms with van der Waals surface area (Å²) in [4.78, 5) is 3.92. The van der Waals surface area contributed by atoms with Gasteiger partial charge in [0.25, 0.3) is 0 Å². The fraction of sp³-hybridized carbons (Fsp3) is 0.667. The summed E-state index contributed by atoms with van der Waals surface area (Å²) in [5, 5.41) is 15.3. The lowest BCUT2D eigenvalue weighted by atomic mass is 10.4. The molecule has 0 bridgehead atoms. The van der Waals surface area contributed by atoms with Crippen LogP contribution in [0.25, 0.3) is 0 Å². The number of anilines is 2. The summed E-state index contributed by atoms with van der Waals surface area (Å²) in [7, 11) is 1.75. The molecule has 1 heterocycles. The molecule has 0 atom stereocenters. The molecule has 0 aliphatic heterocycles. The van der Waals surface area contributed by atoms with Gasteiger partial charge in [-0.2, -0.15) is 4.98 Å². The average Bonchev–Trinajstić information content (AvgIpc) is 2.31. The molecule has 0 radical (unpaired) electrons. The minimum Gasteiger partial charge on any atom is -0.396 e. The second-order valence-corrected chi connectivity index (χ2v) is 2.42. The Morgan fingerprint density at radius 2 is 2.42 bits per heavy atom. The number of aromatic nitrogens is 3. The molecule has 0 fully saturated rings. The van der Waals surface area contributed by atoms with E-state index in [4.69, 9.17) is 10.8 Å². The average molecular weight is 171 g/mol. The number of nitrogens with zero attached hydrogens (tertiary/aromatic N) is 3. The number of aliphatic hydroxyl groups excluding tert-OH is 1. The Labute approximate surface area is 70.4 Å². The van der Waals surface area contributed by atoms with E-state index in [0.29, 0.717) is 18.9 Å². The Kier molecular flexibility index (Phi) is 2.87. The highest BCUT2D eigenvalue weighted by Crippen LogP contribution is 2.02. The molecule has 0 saturated heterocycles. The van der Waals surface area contributed by atoms with Crippen LogP contribution in [0, 0.1) is 0 Å². The minimum atomic E-state index is 0.167. The number of nitrogen functional groups attached to an aromatic ring is 1. The first-order chi connectivity index (χ1) is 5.74. The van der Waals surface area contributed by atoms with E-state index in [1.807, 2.05) is 0 Å². The summed E-state index contributed by atoms with van der Waals surface area (Å²) in [6.45, 7) is 0.836. The largest absolute Gasteiger partial charge is 0.396 e. The van der Waals surface area contributed by atoms with Crippen LogP contribution in [0.2, 0.25) is 0 Å². The topological polar surface area (TPSA) is 89.0 Å². The van der Waals surface area contributed by atoms with Gasteiger partial charge in [-0.25, -0.2) is 4.68 Å². The number of hydrogen-bond donors (Lipinski definition) is 3. The summed E-state index contributed by atoms with van der Waals surface area (Å²) < 4.78 is 1.56. The molecule has 0 aromatic carbocycles. The first-order valence-electron chi connectivity index (χ1n) is 3.75. The second-order valence-electron chi connectivity index (χ2n) is 2.42. The van der Waals surface area contributed by atoms with Crippen molar-refractivity contribution in [3.05, 3.63) is 0 Å². The smallest absolute Gasteiger partial charge is 0.241 e. The number of hydrogen-bond acceptors (Lipinski definition) is 5. The molecule has 0 aliphatic carbocycles. The van der Waals surface area contributed by atoms with Crippen molar-refractivity contribution in [2.45, 2.75) is 6.42 Å². The van der Waals surface area contributed by atoms with Gasteiger partial charge in [-0.1, -0.05) is 0 Å². The zero-order valence-corrected chi connectivity index (χ0v) is 6.99. The van der Waals surface area contributed by atoms with E-state index in [-0.39, 0.29) is 12.6 Å². The highest BCUT2D eigenvalue weighted by molar-refractivity contribution is 5.31. The van der Waals surface area contributed by atoms with E-state index in [1.54, 1.807) is 11.7 Å². The molecular weight excluding hydrogens is 158 g/mol. The van der Waals surface area contributed by atoms with E-state index in [0.717, 1.165) is 0 Å². The van der Waals surface area contributed by atoms with Crippen molar-refractivity contribution >= 4 is 11.9 Å². The number of nitrogens with one attached hydrogen (secondary N) is 1. The van der Waals surface area contributed by atoms with Crippen molar-refractivity contribution in [2.75, 3.05) is 24.2 Å². The summed E-state index contributed by atoms with van der Waals surface area (Å²) in [6.07, 6.45) is 0.687. The first-order valence-corrected chi connectivity index (χ1v) is 3.75. The SMILES string of the molecule is Cn1nc(N)nc1NCCCO. The molecule has 0 aliphatic rings. The van der Waals surface area contributed by atoms with Gasteiger partial charge in [-0.3, -0.25) is 0 Å². The van der Waals surface area contributed by atoms with Gasteiger partial charge in [0.1, 0.15) is 0 Å². The molecule has 0 unspecified atom stereocenters. The van der Waals surface area contributed by atoms with Crippen LogP contribution in [0.3, 0.4) is 0 Å². The number of aryl methyl sites for hydroxylation is 1. The van der Waals surface area contributed by atoms with Gasteiger partial charge in [0.2, 0.25) is 11.9 Å². The van der Waals surface area contributed by atoms with E-state index >= 15 is 0 Å². The molecule has 6 heteroatoms. The third-order valence-electron chi connectivity index (χ3n) is 1.40. The van der Waals surface area contributed by atoms with Crippen molar-refractivity contribution in [1.29, 1.82) is 0 Å². The molecule has 0 saturated carbocycles. The maximum absolute atomic E-state index is 8.51. The Bertz CT molecular complexity index is 246. The fourth-order valence-corrected chi connectivity index (χ4v) is 0.837. The van der Waals surface area contributed by atoms with Crippen LogP contribution in [0.15, 0.2) is 0 Å². The van der Waals surface area contributed by atoms with Crippen LogP contribution in [0.5, 0.6) is 0 Å². The zero-order valence-electron chi connectivity index (χ0n) is 6.99. The summed E-state index contributed by atoms with van der Waals surface area (Å²) in [5.74, 6) is 0.880. The van der Waals surface area contributed by atoms with Crippen LogP contribution < -0.4 is 11.1 Å². The molecular formula is C6H13N5O. The van der Waals surface area contributed by atoms with Gasteiger partial charge in [0.05, 0.1) is 0 Å². The molecule has 1 aromatic rings. The van der Waals surface area contributed by atoms with Crippen LogP contribution in [-0.2, 0) is 7.05 Å². The van der Waals surface area contributed by atoms with Crippen molar-refractivity contribution in [1.82, 2.24) is 14.8 Å². The molecule has 1 aromatic heterocycles. The van der Waals surface area contributed by atoms with Gasteiger partial charge < -0.3 is 16.2 Å². The summed E-state index contributed by atoms with van der Waals surface area (Å²) in [5.41, 5.74) is 5.35. The lowest BCUT2D eigenvalue weighted by Crippen LogP contribution is -2.08. The predicted molar refractivity (Wildman–Crippen MR) is 45.6 cm³/mol. The van der Waals surface area contributed by atoms with Crippen molar-refractivity contribution in [3.8, 4) is 0 Å². The molecule has 0 amide bonds. The quantitative estimate of drug-likeness (QED) is 0.516.